The first-order valence-corrected chi connectivity index (χ1v) is 8.46. The monoisotopic (exact) mass is 278 g/mol. The normalized spacial score (nSPS) is 10.7. The van der Waals surface area contributed by atoms with Crippen LogP contribution in [0, 0.1) is 12.3 Å². The molecule has 0 saturated carbocycles. The van der Waals surface area contributed by atoms with Gasteiger partial charge in [-0.3, -0.25) is 4.79 Å². The lowest BCUT2D eigenvalue weighted by Crippen LogP contribution is -2.25. The fraction of sp³-hybridized carbons (Fsp3) is 0.357. The first-order valence-electron chi connectivity index (χ1n) is 5.86. The summed E-state index contributed by atoms with van der Waals surface area (Å²) >= 11 is 0. The van der Waals surface area contributed by atoms with E-state index < -0.39 is 7.14 Å². The third-order valence-electron chi connectivity index (χ3n) is 2.63. The molecule has 0 aromatic heterocycles. The van der Waals surface area contributed by atoms with Crippen molar-refractivity contribution in [1.82, 2.24) is 4.90 Å². The van der Waals surface area contributed by atoms with Crippen molar-refractivity contribution in [3.05, 3.63) is 23.8 Å². The van der Waals surface area contributed by atoms with Gasteiger partial charge in [0.2, 0.25) is 0 Å². The van der Waals surface area contributed by atoms with Gasteiger partial charge in [0, 0.05) is 19.4 Å². The van der Waals surface area contributed by atoms with E-state index in [1.807, 2.05) is 0 Å². The second-order valence-electron chi connectivity index (χ2n) is 4.81. The summed E-state index contributed by atoms with van der Waals surface area (Å²) in [6, 6.07) is 5.22. The fourth-order valence-electron chi connectivity index (χ4n) is 1.73. The zero-order valence-electron chi connectivity index (χ0n) is 11.7. The van der Waals surface area contributed by atoms with Crippen LogP contribution in [0.15, 0.2) is 18.2 Å². The molecule has 0 aliphatic carbocycles. The van der Waals surface area contributed by atoms with Crippen molar-refractivity contribution in [1.29, 1.82) is 0 Å². The van der Waals surface area contributed by atoms with Crippen LogP contribution in [0.5, 0.6) is 0 Å². The maximum absolute atomic E-state index is 12.3. The lowest BCUT2D eigenvalue weighted by atomic mass is 10.1. The Balaban J connectivity index is 3.43. The second-order valence-corrected chi connectivity index (χ2v) is 7.99. The summed E-state index contributed by atoms with van der Waals surface area (Å²) in [4.78, 5) is 13.6. The van der Waals surface area contributed by atoms with E-state index in [4.69, 9.17) is 6.42 Å². The van der Waals surface area contributed by atoms with E-state index in [-0.39, 0.29) is 12.5 Å². The lowest BCUT2D eigenvalue weighted by molar-refractivity contribution is 0.0828. The number of nitrogens with zero attached hydrogens (tertiary/aromatic N) is 1. The molecule has 1 rings (SSSR count). The summed E-state index contributed by atoms with van der Waals surface area (Å²) in [5, 5.41) is 3.67. The maximum atomic E-state index is 12.3. The van der Waals surface area contributed by atoms with Crippen molar-refractivity contribution >= 4 is 24.0 Å². The summed E-state index contributed by atoms with van der Waals surface area (Å²) in [5.41, 5.74) is 1.06. The van der Waals surface area contributed by atoms with E-state index in [9.17, 15) is 9.36 Å². The number of amides is 1. The number of carbonyl (C=O) groups excluding carboxylic acids is 1. The third-order valence-corrected chi connectivity index (χ3v) is 4.16. The van der Waals surface area contributed by atoms with Gasteiger partial charge in [-0.1, -0.05) is 12.0 Å². The molecule has 5 heteroatoms. The summed E-state index contributed by atoms with van der Waals surface area (Å²) in [6.07, 6.45) is 5.24. The number of carbonyl (C=O) groups is 1. The number of rotatable bonds is 4. The van der Waals surface area contributed by atoms with Crippen molar-refractivity contribution in [3.63, 3.8) is 0 Å². The number of para-hydroxylation sites is 1. The Hall–Kier alpha value is -1.72. The second kappa shape index (κ2) is 5.95. The summed E-state index contributed by atoms with van der Waals surface area (Å²) in [7, 11) is 0.861. The first-order chi connectivity index (χ1) is 8.79. The molecule has 1 aromatic rings. The zero-order valence-corrected chi connectivity index (χ0v) is 12.6. The molecule has 0 atom stereocenters. The van der Waals surface area contributed by atoms with Crippen LogP contribution in [0.25, 0.3) is 0 Å². The van der Waals surface area contributed by atoms with Crippen LogP contribution in [0.2, 0.25) is 0 Å². The van der Waals surface area contributed by atoms with Crippen molar-refractivity contribution < 1.29 is 9.36 Å². The minimum atomic E-state index is -2.49. The number of terminal acetylenes is 1. The van der Waals surface area contributed by atoms with Gasteiger partial charge in [-0.2, -0.15) is 0 Å². The molecule has 0 bridgehead atoms. The predicted octanol–water partition coefficient (Wildman–Crippen LogP) is 1.68. The third kappa shape index (κ3) is 3.62. The first kappa shape index (κ1) is 15.3. The van der Waals surface area contributed by atoms with Crippen LogP contribution in [-0.2, 0) is 4.57 Å². The van der Waals surface area contributed by atoms with Crippen molar-refractivity contribution in [2.24, 2.45) is 0 Å². The number of benzene rings is 1. The molecule has 0 radical (unpaired) electrons. The highest BCUT2D eigenvalue weighted by molar-refractivity contribution is 7.70. The number of nitrogens with one attached hydrogen (secondary N) is 1. The molecule has 19 heavy (non-hydrogen) atoms. The maximum Gasteiger partial charge on any atom is 0.255 e. The van der Waals surface area contributed by atoms with Crippen molar-refractivity contribution in [2.75, 3.05) is 39.3 Å². The van der Waals surface area contributed by atoms with Crippen LogP contribution in [0.1, 0.15) is 10.4 Å². The van der Waals surface area contributed by atoms with Gasteiger partial charge < -0.3 is 14.8 Å². The molecule has 102 valence electrons. The predicted molar refractivity (Wildman–Crippen MR) is 80.9 cm³/mol. The highest BCUT2D eigenvalue weighted by Gasteiger charge is 2.22. The average Bonchev–Trinajstić information content (AvgIpc) is 2.33. The van der Waals surface area contributed by atoms with Gasteiger partial charge in [0.05, 0.1) is 17.8 Å². The SMILES string of the molecule is C#CCNc1c(C(=O)N(C)C)cccc1P(C)(C)=O. The van der Waals surface area contributed by atoms with Crippen LogP contribution in [0.3, 0.4) is 0 Å². The van der Waals surface area contributed by atoms with Crippen LogP contribution in [-0.4, -0.2) is 44.8 Å². The smallest absolute Gasteiger partial charge is 0.255 e. The van der Waals surface area contributed by atoms with E-state index >= 15 is 0 Å². The number of anilines is 1. The van der Waals surface area contributed by atoms with Crippen LogP contribution >= 0.6 is 7.14 Å². The molecule has 1 aromatic carbocycles. The standard InChI is InChI=1S/C14H19N2O2P/c1-6-10-15-13-11(14(17)16(2)3)8-7-9-12(13)19(4,5)18/h1,7-9,15H,10H2,2-5H3. The zero-order chi connectivity index (χ0) is 14.6. The Morgan fingerprint density at radius 1 is 1.42 bits per heavy atom. The summed E-state index contributed by atoms with van der Waals surface area (Å²) < 4.78 is 12.3. The van der Waals surface area contributed by atoms with Gasteiger partial charge in [-0.05, 0) is 25.5 Å². The van der Waals surface area contributed by atoms with Crippen LogP contribution in [0.4, 0.5) is 5.69 Å². The van der Waals surface area contributed by atoms with E-state index in [2.05, 4.69) is 11.2 Å². The lowest BCUT2D eigenvalue weighted by Gasteiger charge is -2.19. The van der Waals surface area contributed by atoms with E-state index in [0.29, 0.717) is 16.6 Å². The molecule has 0 spiro atoms. The van der Waals surface area contributed by atoms with Gasteiger partial charge in [-0.15, -0.1) is 6.42 Å². The molecule has 0 fully saturated rings. The van der Waals surface area contributed by atoms with Crippen molar-refractivity contribution in [2.45, 2.75) is 0 Å². The molecule has 0 saturated heterocycles. The summed E-state index contributed by atoms with van der Waals surface area (Å²) in [5.74, 6) is 2.32. The van der Waals surface area contributed by atoms with Gasteiger partial charge in [-0.25, -0.2) is 0 Å². The van der Waals surface area contributed by atoms with Gasteiger partial charge >= 0.3 is 0 Å². The van der Waals surface area contributed by atoms with E-state index in [1.54, 1.807) is 45.6 Å². The molecule has 0 aliphatic heterocycles. The number of hydrogen-bond acceptors (Lipinski definition) is 3. The molecular formula is C14H19N2O2P. The summed E-state index contributed by atoms with van der Waals surface area (Å²) in [6.45, 7) is 3.63. The Morgan fingerprint density at radius 3 is 2.53 bits per heavy atom. The van der Waals surface area contributed by atoms with Gasteiger partial charge in [0.25, 0.3) is 5.91 Å². The quantitative estimate of drug-likeness (QED) is 0.673. The van der Waals surface area contributed by atoms with Crippen molar-refractivity contribution in [3.8, 4) is 12.3 Å². The minimum Gasteiger partial charge on any atom is -0.373 e. The highest BCUT2D eigenvalue weighted by atomic mass is 31.2. The Labute approximate surface area is 114 Å². The molecule has 0 heterocycles. The molecule has 0 unspecified atom stereocenters. The molecule has 4 nitrogen and oxygen atoms in total. The van der Waals surface area contributed by atoms with E-state index in [1.165, 1.54) is 4.90 Å². The van der Waals surface area contributed by atoms with E-state index in [0.717, 1.165) is 0 Å². The minimum absolute atomic E-state index is 0.144. The topological polar surface area (TPSA) is 49.4 Å². The molecule has 1 N–H and O–H groups in total. The van der Waals surface area contributed by atoms with Gasteiger partial charge in [0.15, 0.2) is 0 Å². The number of hydrogen-bond donors (Lipinski definition) is 1. The Bertz CT molecular complexity index is 567. The Morgan fingerprint density at radius 2 is 2.05 bits per heavy atom. The average molecular weight is 278 g/mol. The highest BCUT2D eigenvalue weighted by Crippen LogP contribution is 2.38. The van der Waals surface area contributed by atoms with Gasteiger partial charge in [0.1, 0.15) is 7.14 Å². The fourth-order valence-corrected chi connectivity index (χ4v) is 2.92. The molecular weight excluding hydrogens is 259 g/mol. The Kier molecular flexibility index (Phi) is 4.80. The molecule has 1 amide bonds. The van der Waals surface area contributed by atoms with Crippen LogP contribution < -0.4 is 10.6 Å². The largest absolute Gasteiger partial charge is 0.373 e. The molecule has 0 aliphatic rings.